The predicted molar refractivity (Wildman–Crippen MR) is 45.9 cm³/mol. The average Bonchev–Trinajstić information content (AvgIpc) is 2.02. The predicted octanol–water partition coefficient (Wildman–Crippen LogP) is 3.16. The SMILES string of the molecule is Fc1cc(Cl)ccc1NCC(F)F. The van der Waals surface area contributed by atoms with Crippen LogP contribution < -0.4 is 5.32 Å². The van der Waals surface area contributed by atoms with Crippen LogP contribution in [0.15, 0.2) is 18.2 Å². The maximum Gasteiger partial charge on any atom is 0.255 e. The summed E-state index contributed by atoms with van der Waals surface area (Å²) < 4.78 is 36.3. The zero-order valence-corrected chi connectivity index (χ0v) is 7.28. The third-order valence-corrected chi connectivity index (χ3v) is 1.61. The van der Waals surface area contributed by atoms with Crippen LogP contribution in [0.5, 0.6) is 0 Å². The first kappa shape index (κ1) is 10.2. The first-order valence-electron chi connectivity index (χ1n) is 3.56. The Bertz CT molecular complexity index is 291. The maximum atomic E-state index is 12.9. The van der Waals surface area contributed by atoms with Gasteiger partial charge in [0.05, 0.1) is 12.2 Å². The summed E-state index contributed by atoms with van der Waals surface area (Å²) in [6.07, 6.45) is -2.50. The number of benzene rings is 1. The summed E-state index contributed by atoms with van der Waals surface area (Å²) in [6, 6.07) is 3.81. The van der Waals surface area contributed by atoms with E-state index in [2.05, 4.69) is 5.32 Å². The highest BCUT2D eigenvalue weighted by molar-refractivity contribution is 6.30. The van der Waals surface area contributed by atoms with E-state index in [0.29, 0.717) is 0 Å². The molecular weight excluding hydrogens is 203 g/mol. The van der Waals surface area contributed by atoms with Gasteiger partial charge in [0.15, 0.2) is 0 Å². The third kappa shape index (κ3) is 3.14. The molecule has 0 saturated carbocycles. The molecule has 1 aromatic rings. The molecule has 13 heavy (non-hydrogen) atoms. The minimum Gasteiger partial charge on any atom is -0.377 e. The van der Waals surface area contributed by atoms with Gasteiger partial charge in [-0.15, -0.1) is 0 Å². The van der Waals surface area contributed by atoms with E-state index in [0.717, 1.165) is 6.07 Å². The van der Waals surface area contributed by atoms with Gasteiger partial charge >= 0.3 is 0 Å². The van der Waals surface area contributed by atoms with Gasteiger partial charge in [0.25, 0.3) is 6.43 Å². The fourth-order valence-electron chi connectivity index (χ4n) is 0.820. The summed E-state index contributed by atoms with van der Waals surface area (Å²) in [5, 5.41) is 2.49. The maximum absolute atomic E-state index is 12.9. The Kier molecular flexibility index (Phi) is 3.42. The van der Waals surface area contributed by atoms with Crippen molar-refractivity contribution in [2.45, 2.75) is 6.43 Å². The molecule has 0 aliphatic carbocycles. The molecule has 0 fully saturated rings. The number of rotatable bonds is 3. The van der Waals surface area contributed by atoms with Crippen LogP contribution >= 0.6 is 11.6 Å². The van der Waals surface area contributed by atoms with Crippen LogP contribution in [0.2, 0.25) is 5.02 Å². The molecule has 0 saturated heterocycles. The summed E-state index contributed by atoms with van der Waals surface area (Å²) in [7, 11) is 0. The fraction of sp³-hybridized carbons (Fsp3) is 0.250. The van der Waals surface area contributed by atoms with Crippen LogP contribution in [-0.2, 0) is 0 Å². The van der Waals surface area contributed by atoms with E-state index >= 15 is 0 Å². The van der Waals surface area contributed by atoms with Crippen molar-refractivity contribution in [1.82, 2.24) is 0 Å². The molecule has 1 nitrogen and oxygen atoms in total. The molecule has 0 atom stereocenters. The Hall–Kier alpha value is -0.900. The quantitative estimate of drug-likeness (QED) is 0.807. The Balaban J connectivity index is 2.67. The molecular formula is C8H7ClF3N. The molecule has 0 spiro atoms. The lowest BCUT2D eigenvalue weighted by Crippen LogP contribution is -2.11. The Morgan fingerprint density at radius 1 is 1.38 bits per heavy atom. The molecule has 1 rings (SSSR count). The second kappa shape index (κ2) is 4.37. The van der Waals surface area contributed by atoms with Crippen LogP contribution in [0, 0.1) is 5.82 Å². The van der Waals surface area contributed by atoms with Gasteiger partial charge < -0.3 is 5.32 Å². The van der Waals surface area contributed by atoms with E-state index in [1.807, 2.05) is 0 Å². The highest BCUT2D eigenvalue weighted by Gasteiger charge is 2.05. The number of hydrogen-bond acceptors (Lipinski definition) is 1. The zero-order chi connectivity index (χ0) is 9.84. The minimum atomic E-state index is -2.50. The van der Waals surface area contributed by atoms with Gasteiger partial charge in [0, 0.05) is 5.02 Å². The molecule has 0 aliphatic heterocycles. The largest absolute Gasteiger partial charge is 0.377 e. The van der Waals surface area contributed by atoms with Crippen molar-refractivity contribution in [2.24, 2.45) is 0 Å². The topological polar surface area (TPSA) is 12.0 Å². The number of hydrogen-bond donors (Lipinski definition) is 1. The van der Waals surface area contributed by atoms with Crippen molar-refractivity contribution < 1.29 is 13.2 Å². The summed E-state index contributed by atoms with van der Waals surface area (Å²) in [6.45, 7) is -0.571. The van der Waals surface area contributed by atoms with E-state index in [4.69, 9.17) is 11.6 Å². The molecule has 5 heteroatoms. The van der Waals surface area contributed by atoms with Crippen LogP contribution in [0.25, 0.3) is 0 Å². The van der Waals surface area contributed by atoms with E-state index < -0.39 is 18.8 Å². The van der Waals surface area contributed by atoms with Crippen LogP contribution in [-0.4, -0.2) is 13.0 Å². The zero-order valence-electron chi connectivity index (χ0n) is 6.53. The summed E-state index contributed by atoms with van der Waals surface area (Å²) >= 11 is 5.46. The summed E-state index contributed by atoms with van der Waals surface area (Å²) in [4.78, 5) is 0. The normalized spacial score (nSPS) is 10.5. The molecule has 0 radical (unpaired) electrons. The van der Waals surface area contributed by atoms with E-state index in [9.17, 15) is 13.2 Å². The number of halogens is 4. The molecule has 0 aromatic heterocycles. The van der Waals surface area contributed by atoms with Crippen molar-refractivity contribution >= 4 is 17.3 Å². The molecule has 1 aromatic carbocycles. The standard InChI is InChI=1S/C8H7ClF3N/c9-5-1-2-7(6(10)3-5)13-4-8(11)12/h1-3,8,13H,4H2. The minimum absolute atomic E-state index is 0.0321. The lowest BCUT2D eigenvalue weighted by molar-refractivity contribution is 0.163. The van der Waals surface area contributed by atoms with Gasteiger partial charge in [-0.1, -0.05) is 11.6 Å². The summed E-state index contributed by atoms with van der Waals surface area (Å²) in [5.74, 6) is -0.631. The molecule has 0 amide bonds. The molecule has 0 aliphatic rings. The Labute approximate surface area is 78.5 Å². The number of nitrogens with one attached hydrogen (secondary N) is 1. The van der Waals surface area contributed by atoms with Crippen molar-refractivity contribution in [3.05, 3.63) is 29.0 Å². The molecule has 1 N–H and O–H groups in total. The lowest BCUT2D eigenvalue weighted by atomic mass is 10.3. The van der Waals surface area contributed by atoms with E-state index in [-0.39, 0.29) is 10.7 Å². The second-order valence-corrected chi connectivity index (χ2v) is 2.83. The van der Waals surface area contributed by atoms with E-state index in [1.165, 1.54) is 12.1 Å². The molecule has 0 heterocycles. The first-order chi connectivity index (χ1) is 6.09. The van der Waals surface area contributed by atoms with Gasteiger partial charge in [-0.2, -0.15) is 0 Å². The number of alkyl halides is 2. The lowest BCUT2D eigenvalue weighted by Gasteiger charge is -2.06. The van der Waals surface area contributed by atoms with Crippen molar-refractivity contribution in [3.8, 4) is 0 Å². The fourth-order valence-corrected chi connectivity index (χ4v) is 0.979. The van der Waals surface area contributed by atoms with Gasteiger partial charge in [0.1, 0.15) is 5.82 Å². The van der Waals surface area contributed by atoms with Gasteiger partial charge in [-0.3, -0.25) is 0 Å². The molecule has 0 bridgehead atoms. The summed E-state index contributed by atoms with van der Waals surface area (Å²) in [5.41, 5.74) is 0.0321. The van der Waals surface area contributed by atoms with Gasteiger partial charge in [-0.25, -0.2) is 13.2 Å². The van der Waals surface area contributed by atoms with Crippen LogP contribution in [0.3, 0.4) is 0 Å². The second-order valence-electron chi connectivity index (χ2n) is 2.40. The van der Waals surface area contributed by atoms with Gasteiger partial charge in [0.2, 0.25) is 0 Å². The Morgan fingerprint density at radius 3 is 2.62 bits per heavy atom. The Morgan fingerprint density at radius 2 is 2.08 bits per heavy atom. The average molecular weight is 210 g/mol. The monoisotopic (exact) mass is 209 g/mol. The van der Waals surface area contributed by atoms with E-state index in [1.54, 1.807) is 0 Å². The van der Waals surface area contributed by atoms with Crippen molar-refractivity contribution in [2.75, 3.05) is 11.9 Å². The highest BCUT2D eigenvalue weighted by Crippen LogP contribution is 2.18. The van der Waals surface area contributed by atoms with Crippen molar-refractivity contribution in [1.29, 1.82) is 0 Å². The number of anilines is 1. The van der Waals surface area contributed by atoms with Crippen LogP contribution in [0.4, 0.5) is 18.9 Å². The van der Waals surface area contributed by atoms with Crippen molar-refractivity contribution in [3.63, 3.8) is 0 Å². The third-order valence-electron chi connectivity index (χ3n) is 1.38. The molecule has 72 valence electrons. The molecule has 0 unspecified atom stereocenters. The first-order valence-corrected chi connectivity index (χ1v) is 3.94. The van der Waals surface area contributed by atoms with Gasteiger partial charge in [-0.05, 0) is 18.2 Å². The smallest absolute Gasteiger partial charge is 0.255 e. The highest BCUT2D eigenvalue weighted by atomic mass is 35.5. The van der Waals surface area contributed by atoms with Crippen LogP contribution in [0.1, 0.15) is 0 Å².